The predicted octanol–water partition coefficient (Wildman–Crippen LogP) is 6.48. The fourth-order valence-corrected chi connectivity index (χ4v) is 4.15. The molecular weight excluding hydrogens is 480 g/mol. The van der Waals surface area contributed by atoms with Crippen molar-refractivity contribution in [2.45, 2.75) is 33.1 Å². The largest absolute Gasteiger partial charge is 0.493 e. The number of anilines is 1. The highest BCUT2D eigenvalue weighted by molar-refractivity contribution is 6.32. The molecule has 0 radical (unpaired) electrons. The first-order valence-corrected chi connectivity index (χ1v) is 12.7. The normalized spacial score (nSPS) is 14.9. The van der Waals surface area contributed by atoms with Crippen LogP contribution >= 0.6 is 0 Å². The first kappa shape index (κ1) is 26.8. The summed E-state index contributed by atoms with van der Waals surface area (Å²) in [6, 6.07) is 21.1. The maximum Gasteiger partial charge on any atom is 0.280 e. The molecule has 1 unspecified atom stereocenters. The molecule has 1 amide bonds. The molecule has 4 rings (SSSR count). The van der Waals surface area contributed by atoms with Gasteiger partial charge in [-0.05, 0) is 72.9 Å². The molecule has 0 aromatic heterocycles. The average Bonchev–Trinajstić information content (AvgIpc) is 3.24. The lowest BCUT2D eigenvalue weighted by molar-refractivity contribution is -0.114. The van der Waals surface area contributed by atoms with Crippen molar-refractivity contribution in [1.29, 1.82) is 0 Å². The third kappa shape index (κ3) is 5.99. The minimum Gasteiger partial charge on any atom is -0.493 e. The van der Waals surface area contributed by atoms with Crippen LogP contribution in [0, 0.1) is 0 Å². The number of hydrazone groups is 1. The van der Waals surface area contributed by atoms with Gasteiger partial charge in [-0.15, -0.1) is 0 Å². The molecule has 38 heavy (non-hydrogen) atoms. The van der Waals surface area contributed by atoms with Gasteiger partial charge in [0.25, 0.3) is 5.91 Å². The van der Waals surface area contributed by atoms with Crippen LogP contribution < -0.4 is 24.0 Å². The monoisotopic (exact) mass is 514 g/mol. The standard InChI is InChI=1S/C31H34N2O5/c1-6-21(2)24-12-14-26(15-13-24)37-16-17-38-30-28(35-4)19-23(20-29(30)36-5)18-27-22(3)32-33(31(27)34)25-10-8-7-9-11-25/h7-15,18-21H,6,16-17H2,1-5H3/b27-18+. The van der Waals surface area contributed by atoms with E-state index in [1.807, 2.05) is 61.5 Å². The van der Waals surface area contributed by atoms with Crippen molar-refractivity contribution >= 4 is 23.4 Å². The van der Waals surface area contributed by atoms with Crippen LogP contribution in [0.1, 0.15) is 44.2 Å². The predicted molar refractivity (Wildman–Crippen MR) is 151 cm³/mol. The van der Waals surface area contributed by atoms with Gasteiger partial charge in [-0.3, -0.25) is 4.79 Å². The number of carbonyl (C=O) groups is 1. The second kappa shape index (κ2) is 12.3. The molecule has 1 aliphatic heterocycles. The van der Waals surface area contributed by atoms with Gasteiger partial charge < -0.3 is 18.9 Å². The summed E-state index contributed by atoms with van der Waals surface area (Å²) in [6.45, 7) is 6.88. The van der Waals surface area contributed by atoms with Crippen LogP contribution in [0.3, 0.4) is 0 Å². The number of amides is 1. The topological polar surface area (TPSA) is 69.6 Å². The third-order valence-corrected chi connectivity index (χ3v) is 6.52. The van der Waals surface area contributed by atoms with Crippen LogP contribution in [0.4, 0.5) is 5.69 Å². The molecule has 0 bridgehead atoms. The van der Waals surface area contributed by atoms with E-state index < -0.39 is 0 Å². The van der Waals surface area contributed by atoms with Crippen molar-refractivity contribution in [2.24, 2.45) is 5.10 Å². The molecule has 0 fully saturated rings. The lowest BCUT2D eigenvalue weighted by Crippen LogP contribution is -2.21. The Hall–Kier alpha value is -4.26. The van der Waals surface area contributed by atoms with Gasteiger partial charge in [0.05, 0.1) is 31.2 Å². The van der Waals surface area contributed by atoms with Crippen molar-refractivity contribution in [3.63, 3.8) is 0 Å². The van der Waals surface area contributed by atoms with E-state index in [1.54, 1.807) is 20.3 Å². The average molecular weight is 515 g/mol. The van der Waals surface area contributed by atoms with Gasteiger partial charge in [-0.1, -0.05) is 44.2 Å². The van der Waals surface area contributed by atoms with Crippen LogP contribution in [0.5, 0.6) is 23.0 Å². The van der Waals surface area contributed by atoms with E-state index in [0.29, 0.717) is 53.4 Å². The molecule has 7 nitrogen and oxygen atoms in total. The summed E-state index contributed by atoms with van der Waals surface area (Å²) in [7, 11) is 3.14. The fraction of sp³-hybridized carbons (Fsp3) is 0.290. The van der Waals surface area contributed by atoms with Gasteiger partial charge in [0.2, 0.25) is 5.75 Å². The Kier molecular flexibility index (Phi) is 8.69. The van der Waals surface area contributed by atoms with Gasteiger partial charge >= 0.3 is 0 Å². The molecular formula is C31H34N2O5. The highest BCUT2D eigenvalue weighted by Crippen LogP contribution is 2.39. The lowest BCUT2D eigenvalue weighted by Gasteiger charge is -2.16. The molecule has 1 atom stereocenters. The molecule has 0 saturated carbocycles. The van der Waals surface area contributed by atoms with Crippen LogP contribution in [0.2, 0.25) is 0 Å². The molecule has 0 saturated heterocycles. The molecule has 1 heterocycles. The van der Waals surface area contributed by atoms with Crippen LogP contribution in [0.15, 0.2) is 77.4 Å². The zero-order chi connectivity index (χ0) is 27.1. The number of benzene rings is 3. The first-order chi connectivity index (χ1) is 18.4. The Labute approximate surface area is 224 Å². The van der Waals surface area contributed by atoms with E-state index in [4.69, 9.17) is 18.9 Å². The molecule has 198 valence electrons. The van der Waals surface area contributed by atoms with E-state index in [2.05, 4.69) is 31.1 Å². The van der Waals surface area contributed by atoms with Crippen molar-refractivity contribution in [2.75, 3.05) is 32.4 Å². The van der Waals surface area contributed by atoms with Gasteiger partial charge in [-0.2, -0.15) is 10.1 Å². The number of carbonyl (C=O) groups excluding carboxylic acids is 1. The van der Waals surface area contributed by atoms with Crippen molar-refractivity contribution < 1.29 is 23.7 Å². The Morgan fingerprint density at radius 1 is 0.921 bits per heavy atom. The Morgan fingerprint density at radius 2 is 1.55 bits per heavy atom. The summed E-state index contributed by atoms with van der Waals surface area (Å²) in [5.41, 5.74) is 3.88. The van der Waals surface area contributed by atoms with E-state index >= 15 is 0 Å². The van der Waals surface area contributed by atoms with Gasteiger partial charge in [0.1, 0.15) is 19.0 Å². The number of ether oxygens (including phenoxy) is 4. The molecule has 3 aromatic carbocycles. The maximum absolute atomic E-state index is 13.1. The van der Waals surface area contributed by atoms with Crippen LogP contribution in [-0.2, 0) is 4.79 Å². The van der Waals surface area contributed by atoms with E-state index in [9.17, 15) is 4.79 Å². The minimum atomic E-state index is -0.193. The van der Waals surface area contributed by atoms with Crippen molar-refractivity contribution in [3.8, 4) is 23.0 Å². The number of rotatable bonds is 11. The lowest BCUT2D eigenvalue weighted by atomic mass is 9.99. The minimum absolute atomic E-state index is 0.193. The fourth-order valence-electron chi connectivity index (χ4n) is 4.15. The molecule has 1 aliphatic rings. The zero-order valence-electron chi connectivity index (χ0n) is 22.6. The molecule has 0 N–H and O–H groups in total. The number of para-hydroxylation sites is 1. The first-order valence-electron chi connectivity index (χ1n) is 12.7. The van der Waals surface area contributed by atoms with Gasteiger partial charge in [0, 0.05) is 0 Å². The van der Waals surface area contributed by atoms with Crippen LogP contribution in [-0.4, -0.2) is 39.1 Å². The molecule has 3 aromatic rings. The molecule has 0 aliphatic carbocycles. The summed E-state index contributed by atoms with van der Waals surface area (Å²) >= 11 is 0. The second-order valence-electron chi connectivity index (χ2n) is 9.03. The SMILES string of the molecule is CCC(C)c1ccc(OCCOc2c(OC)cc(/C=C3/C(=O)N(c4ccccc4)N=C3C)cc2OC)cc1. The van der Waals surface area contributed by atoms with E-state index in [1.165, 1.54) is 10.6 Å². The van der Waals surface area contributed by atoms with Gasteiger partial charge in [0.15, 0.2) is 11.5 Å². The summed E-state index contributed by atoms with van der Waals surface area (Å²) < 4.78 is 23.0. The molecule has 7 heteroatoms. The quantitative estimate of drug-likeness (QED) is 0.216. The van der Waals surface area contributed by atoms with E-state index in [-0.39, 0.29) is 5.91 Å². The third-order valence-electron chi connectivity index (χ3n) is 6.52. The summed E-state index contributed by atoms with van der Waals surface area (Å²) in [5.74, 6) is 2.59. The number of hydrogen-bond acceptors (Lipinski definition) is 6. The number of nitrogens with zero attached hydrogens (tertiary/aromatic N) is 2. The number of methoxy groups -OCH3 is 2. The Bertz CT molecular complexity index is 1290. The summed E-state index contributed by atoms with van der Waals surface area (Å²) in [4.78, 5) is 13.1. The zero-order valence-corrected chi connectivity index (χ0v) is 22.6. The van der Waals surface area contributed by atoms with Crippen molar-refractivity contribution in [3.05, 3.63) is 83.4 Å². The highest BCUT2D eigenvalue weighted by atomic mass is 16.6. The second-order valence-corrected chi connectivity index (χ2v) is 9.03. The van der Waals surface area contributed by atoms with E-state index in [0.717, 1.165) is 17.7 Å². The summed E-state index contributed by atoms with van der Waals surface area (Å²) in [5, 5.41) is 5.85. The Morgan fingerprint density at radius 3 is 2.16 bits per heavy atom. The Balaban J connectivity index is 1.45. The number of hydrogen-bond donors (Lipinski definition) is 0. The van der Waals surface area contributed by atoms with Gasteiger partial charge in [-0.25, -0.2) is 0 Å². The molecule has 0 spiro atoms. The van der Waals surface area contributed by atoms with Crippen molar-refractivity contribution in [1.82, 2.24) is 0 Å². The van der Waals surface area contributed by atoms with Crippen LogP contribution in [0.25, 0.3) is 6.08 Å². The smallest absolute Gasteiger partial charge is 0.280 e. The maximum atomic E-state index is 13.1. The summed E-state index contributed by atoms with van der Waals surface area (Å²) in [6.07, 6.45) is 2.88. The highest BCUT2D eigenvalue weighted by Gasteiger charge is 2.29.